The summed E-state index contributed by atoms with van der Waals surface area (Å²) < 4.78 is 21.6. The van der Waals surface area contributed by atoms with Crippen LogP contribution in [-0.2, 0) is 9.05 Å². The van der Waals surface area contributed by atoms with Crippen LogP contribution in [0.15, 0.2) is 12.2 Å². The van der Waals surface area contributed by atoms with Crippen molar-refractivity contribution in [1.82, 2.24) is 9.80 Å². The van der Waals surface area contributed by atoms with Gasteiger partial charge in [-0.1, -0.05) is 6.58 Å². The third kappa shape index (κ3) is 5.51. The Labute approximate surface area is 95.9 Å². The summed E-state index contributed by atoms with van der Waals surface area (Å²) in [5.74, 6) is -0.124. The molecular formula is C9H17ClN2O2S. The molecule has 0 aromatic rings. The van der Waals surface area contributed by atoms with Crippen molar-refractivity contribution in [2.45, 2.75) is 0 Å². The molecule has 1 aliphatic heterocycles. The molecule has 0 radical (unpaired) electrons. The highest BCUT2D eigenvalue weighted by Crippen LogP contribution is 2.07. The fourth-order valence-electron chi connectivity index (χ4n) is 1.61. The van der Waals surface area contributed by atoms with Gasteiger partial charge >= 0.3 is 0 Å². The number of likely N-dealkylation sites (N-methyl/N-ethyl adjacent to an activating group) is 1. The van der Waals surface area contributed by atoms with Gasteiger partial charge in [0, 0.05) is 43.4 Å². The van der Waals surface area contributed by atoms with Gasteiger partial charge in [-0.25, -0.2) is 8.42 Å². The summed E-state index contributed by atoms with van der Waals surface area (Å²) in [6.45, 7) is 8.30. The molecule has 4 nitrogen and oxygen atoms in total. The predicted octanol–water partition coefficient (Wildman–Crippen LogP) is 0.359. The van der Waals surface area contributed by atoms with Crippen LogP contribution in [0.3, 0.4) is 0 Å². The molecule has 0 aliphatic carbocycles. The molecule has 1 heterocycles. The Bertz CT molecular complexity index is 321. The maximum atomic E-state index is 10.8. The molecule has 1 aliphatic rings. The molecule has 0 spiro atoms. The largest absolute Gasteiger partial charge is 0.304 e. The summed E-state index contributed by atoms with van der Waals surface area (Å²) in [5.41, 5.74) is 0.662. The normalized spacial score (nSPS) is 20.4. The Kier molecular flexibility index (Phi) is 4.58. The number of piperazine rings is 1. The first kappa shape index (κ1) is 13.0. The molecule has 0 unspecified atom stereocenters. The molecule has 0 saturated carbocycles. The van der Waals surface area contributed by atoms with E-state index in [-0.39, 0.29) is 5.75 Å². The molecule has 1 rings (SSSR count). The van der Waals surface area contributed by atoms with Crippen LogP contribution in [0.1, 0.15) is 0 Å². The summed E-state index contributed by atoms with van der Waals surface area (Å²) in [4.78, 5) is 4.45. The number of hydrogen-bond acceptors (Lipinski definition) is 4. The van der Waals surface area contributed by atoms with Crippen molar-refractivity contribution < 1.29 is 8.42 Å². The fraction of sp³-hybridized carbons (Fsp3) is 0.778. The molecule has 0 atom stereocenters. The molecule has 1 saturated heterocycles. The summed E-state index contributed by atoms with van der Waals surface area (Å²) in [6, 6.07) is 0. The van der Waals surface area contributed by atoms with Gasteiger partial charge in [-0.15, -0.1) is 0 Å². The third-order valence-corrected chi connectivity index (χ3v) is 3.50. The average Bonchev–Trinajstić information content (AvgIpc) is 2.05. The van der Waals surface area contributed by atoms with Crippen molar-refractivity contribution in [1.29, 1.82) is 0 Å². The minimum Gasteiger partial charge on any atom is -0.304 e. The molecule has 0 bridgehead atoms. The van der Waals surface area contributed by atoms with E-state index >= 15 is 0 Å². The van der Waals surface area contributed by atoms with E-state index in [1.165, 1.54) is 0 Å². The SMILES string of the molecule is C=C(CN1CCN(C)CC1)CS(=O)(=O)Cl. The van der Waals surface area contributed by atoms with Crippen LogP contribution >= 0.6 is 10.7 Å². The van der Waals surface area contributed by atoms with Crippen LogP contribution in [0.5, 0.6) is 0 Å². The van der Waals surface area contributed by atoms with Gasteiger partial charge in [0.05, 0.1) is 5.75 Å². The van der Waals surface area contributed by atoms with Crippen LogP contribution in [0.4, 0.5) is 0 Å². The minimum absolute atomic E-state index is 0.124. The van der Waals surface area contributed by atoms with E-state index in [9.17, 15) is 8.42 Å². The van der Waals surface area contributed by atoms with E-state index in [1.54, 1.807) is 0 Å². The van der Waals surface area contributed by atoms with Gasteiger partial charge < -0.3 is 4.90 Å². The maximum absolute atomic E-state index is 10.8. The van der Waals surface area contributed by atoms with Crippen LogP contribution in [-0.4, -0.2) is 63.7 Å². The number of nitrogens with zero attached hydrogens (tertiary/aromatic N) is 2. The first-order valence-corrected chi connectivity index (χ1v) is 7.34. The summed E-state index contributed by atoms with van der Waals surface area (Å²) >= 11 is 0. The molecule has 0 aromatic heterocycles. The monoisotopic (exact) mass is 252 g/mol. The van der Waals surface area contributed by atoms with Gasteiger partial charge in [-0.2, -0.15) is 0 Å². The van der Waals surface area contributed by atoms with Gasteiger partial charge in [0.1, 0.15) is 0 Å². The lowest BCUT2D eigenvalue weighted by atomic mass is 10.2. The van der Waals surface area contributed by atoms with Crippen molar-refractivity contribution >= 4 is 19.7 Å². The quantitative estimate of drug-likeness (QED) is 0.535. The van der Waals surface area contributed by atoms with Crippen LogP contribution < -0.4 is 0 Å². The third-order valence-electron chi connectivity index (χ3n) is 2.42. The molecule has 15 heavy (non-hydrogen) atoms. The zero-order valence-corrected chi connectivity index (χ0v) is 10.5. The molecule has 88 valence electrons. The van der Waals surface area contributed by atoms with E-state index in [0.29, 0.717) is 12.1 Å². The van der Waals surface area contributed by atoms with Crippen LogP contribution in [0.2, 0.25) is 0 Å². The van der Waals surface area contributed by atoms with Gasteiger partial charge in [-0.05, 0) is 12.6 Å². The number of halogens is 1. The van der Waals surface area contributed by atoms with Crippen molar-refractivity contribution in [2.24, 2.45) is 0 Å². The zero-order valence-electron chi connectivity index (χ0n) is 8.95. The van der Waals surface area contributed by atoms with Gasteiger partial charge in [0.2, 0.25) is 9.05 Å². The topological polar surface area (TPSA) is 40.6 Å². The predicted molar refractivity (Wildman–Crippen MR) is 62.7 cm³/mol. The Morgan fingerprint density at radius 3 is 2.33 bits per heavy atom. The molecule has 0 N–H and O–H groups in total. The Balaban J connectivity index is 2.33. The van der Waals surface area contributed by atoms with E-state index in [2.05, 4.69) is 23.4 Å². The second-order valence-electron chi connectivity index (χ2n) is 4.01. The van der Waals surface area contributed by atoms with Gasteiger partial charge in [-0.3, -0.25) is 4.90 Å². The second kappa shape index (κ2) is 5.30. The Morgan fingerprint density at radius 1 is 1.33 bits per heavy atom. The molecule has 0 aromatic carbocycles. The standard InChI is InChI=1S/C9H17ClN2O2S/c1-9(8-15(10,13)14)7-12-5-3-11(2)4-6-12/h1,3-8H2,2H3. The van der Waals surface area contributed by atoms with E-state index in [1.807, 2.05) is 0 Å². The lowest BCUT2D eigenvalue weighted by Gasteiger charge is -2.32. The maximum Gasteiger partial charge on any atom is 0.236 e. The first-order chi connectivity index (χ1) is 6.87. The van der Waals surface area contributed by atoms with Crippen LogP contribution in [0, 0.1) is 0 Å². The molecule has 0 amide bonds. The van der Waals surface area contributed by atoms with E-state index < -0.39 is 9.05 Å². The van der Waals surface area contributed by atoms with Crippen molar-refractivity contribution in [3.8, 4) is 0 Å². The smallest absolute Gasteiger partial charge is 0.236 e. The van der Waals surface area contributed by atoms with E-state index in [0.717, 1.165) is 26.2 Å². The Morgan fingerprint density at radius 2 is 1.87 bits per heavy atom. The number of rotatable bonds is 4. The van der Waals surface area contributed by atoms with Crippen LogP contribution in [0.25, 0.3) is 0 Å². The summed E-state index contributed by atoms with van der Waals surface area (Å²) in [7, 11) is 3.78. The Hall–Kier alpha value is -0.100. The second-order valence-corrected chi connectivity index (χ2v) is 6.79. The lowest BCUT2D eigenvalue weighted by molar-refractivity contribution is 0.164. The van der Waals surface area contributed by atoms with Gasteiger partial charge in [0.25, 0.3) is 0 Å². The van der Waals surface area contributed by atoms with Crippen molar-refractivity contribution in [3.05, 3.63) is 12.2 Å². The number of hydrogen-bond donors (Lipinski definition) is 0. The lowest BCUT2D eigenvalue weighted by Crippen LogP contribution is -2.45. The first-order valence-electron chi connectivity index (χ1n) is 4.87. The minimum atomic E-state index is -3.45. The van der Waals surface area contributed by atoms with E-state index in [4.69, 9.17) is 10.7 Å². The average molecular weight is 253 g/mol. The fourth-order valence-corrected chi connectivity index (χ4v) is 2.65. The van der Waals surface area contributed by atoms with Crippen molar-refractivity contribution in [3.63, 3.8) is 0 Å². The molecule has 6 heteroatoms. The zero-order chi connectivity index (χ0) is 11.5. The molecule has 1 fully saturated rings. The summed E-state index contributed by atoms with van der Waals surface area (Å²) in [6.07, 6.45) is 0. The highest BCUT2D eigenvalue weighted by atomic mass is 35.7. The van der Waals surface area contributed by atoms with Crippen molar-refractivity contribution in [2.75, 3.05) is 45.5 Å². The molecular weight excluding hydrogens is 236 g/mol. The highest BCUT2D eigenvalue weighted by Gasteiger charge is 2.16. The van der Waals surface area contributed by atoms with Gasteiger partial charge in [0.15, 0.2) is 0 Å². The highest BCUT2D eigenvalue weighted by molar-refractivity contribution is 8.13. The summed E-state index contributed by atoms with van der Waals surface area (Å²) in [5, 5.41) is 0.